The van der Waals surface area contributed by atoms with Gasteiger partial charge in [0.1, 0.15) is 0 Å². The Kier molecular flexibility index (Phi) is 2.26. The molecular formula is C13H13NO2. The van der Waals surface area contributed by atoms with Crippen LogP contribution in [0.4, 0.5) is 0 Å². The summed E-state index contributed by atoms with van der Waals surface area (Å²) >= 11 is 0. The van der Waals surface area contributed by atoms with Crippen LogP contribution in [0.1, 0.15) is 22.8 Å². The van der Waals surface area contributed by atoms with E-state index in [0.29, 0.717) is 6.04 Å². The fourth-order valence-electron chi connectivity index (χ4n) is 2.37. The van der Waals surface area contributed by atoms with Crippen LogP contribution in [-0.4, -0.2) is 24.1 Å². The molecule has 1 unspecified atom stereocenters. The van der Waals surface area contributed by atoms with Gasteiger partial charge in [-0.25, -0.2) is 0 Å². The lowest BCUT2D eigenvalue weighted by Gasteiger charge is -2.11. The van der Waals surface area contributed by atoms with Crippen LogP contribution in [0.2, 0.25) is 0 Å². The Labute approximate surface area is 93.6 Å². The van der Waals surface area contributed by atoms with Crippen LogP contribution in [0, 0.1) is 0 Å². The van der Waals surface area contributed by atoms with Crippen molar-refractivity contribution in [1.29, 1.82) is 0 Å². The lowest BCUT2D eigenvalue weighted by atomic mass is 10.2. The molecular weight excluding hydrogens is 202 g/mol. The molecule has 1 fully saturated rings. The minimum absolute atomic E-state index is 0.374. The van der Waals surface area contributed by atoms with Crippen LogP contribution < -0.4 is 0 Å². The number of aldehydes is 1. The molecule has 1 aliphatic heterocycles. The average Bonchev–Trinajstić information content (AvgIpc) is 2.95. The van der Waals surface area contributed by atoms with Crippen molar-refractivity contribution in [2.75, 3.05) is 13.2 Å². The van der Waals surface area contributed by atoms with Crippen LogP contribution in [0.3, 0.4) is 0 Å². The number of fused-ring (bicyclic) bond motifs is 1. The molecule has 0 spiro atoms. The zero-order valence-electron chi connectivity index (χ0n) is 8.93. The number of rotatable bonds is 2. The number of hydrogen-bond acceptors (Lipinski definition) is 2. The second-order valence-electron chi connectivity index (χ2n) is 4.14. The van der Waals surface area contributed by atoms with Gasteiger partial charge < -0.3 is 9.30 Å². The van der Waals surface area contributed by atoms with Gasteiger partial charge in [0.05, 0.1) is 12.6 Å². The summed E-state index contributed by atoms with van der Waals surface area (Å²) in [6.45, 7) is 1.56. The quantitative estimate of drug-likeness (QED) is 0.720. The SMILES string of the molecule is O=Cc1cn(C2CCOC2)c2ccccc12. The molecule has 1 aliphatic rings. The van der Waals surface area contributed by atoms with Gasteiger partial charge >= 0.3 is 0 Å². The summed E-state index contributed by atoms with van der Waals surface area (Å²) in [6, 6.07) is 8.39. The number of benzene rings is 1. The molecule has 3 rings (SSSR count). The van der Waals surface area contributed by atoms with Crippen molar-refractivity contribution in [1.82, 2.24) is 4.57 Å². The van der Waals surface area contributed by atoms with Gasteiger partial charge in [0.25, 0.3) is 0 Å². The first-order valence-corrected chi connectivity index (χ1v) is 5.52. The van der Waals surface area contributed by atoms with Gasteiger partial charge in [-0.3, -0.25) is 4.79 Å². The number of para-hydroxylation sites is 1. The molecule has 82 valence electrons. The molecule has 1 atom stereocenters. The molecule has 16 heavy (non-hydrogen) atoms. The van der Waals surface area contributed by atoms with Crippen molar-refractivity contribution >= 4 is 17.2 Å². The van der Waals surface area contributed by atoms with E-state index in [0.717, 1.165) is 42.4 Å². The highest BCUT2D eigenvalue weighted by Gasteiger charge is 2.20. The number of carbonyl (C=O) groups is 1. The molecule has 0 aliphatic carbocycles. The first-order valence-electron chi connectivity index (χ1n) is 5.52. The average molecular weight is 215 g/mol. The molecule has 1 saturated heterocycles. The molecule has 0 N–H and O–H groups in total. The number of hydrogen-bond donors (Lipinski definition) is 0. The molecule has 2 heterocycles. The van der Waals surface area contributed by atoms with Crippen LogP contribution in [-0.2, 0) is 4.74 Å². The fourth-order valence-corrected chi connectivity index (χ4v) is 2.37. The largest absolute Gasteiger partial charge is 0.379 e. The van der Waals surface area contributed by atoms with Crippen LogP contribution in [0.15, 0.2) is 30.5 Å². The number of carbonyl (C=O) groups excluding carboxylic acids is 1. The van der Waals surface area contributed by atoms with Crippen LogP contribution >= 0.6 is 0 Å². The Hall–Kier alpha value is -1.61. The second kappa shape index (κ2) is 3.76. The van der Waals surface area contributed by atoms with Gasteiger partial charge in [-0.2, -0.15) is 0 Å². The second-order valence-corrected chi connectivity index (χ2v) is 4.14. The minimum Gasteiger partial charge on any atom is -0.379 e. The number of nitrogens with zero attached hydrogens (tertiary/aromatic N) is 1. The molecule has 3 nitrogen and oxygen atoms in total. The zero-order chi connectivity index (χ0) is 11.0. The summed E-state index contributed by atoms with van der Waals surface area (Å²) < 4.78 is 7.57. The number of ether oxygens (including phenoxy) is 1. The highest BCUT2D eigenvalue weighted by atomic mass is 16.5. The van der Waals surface area contributed by atoms with E-state index in [1.165, 1.54) is 0 Å². The van der Waals surface area contributed by atoms with E-state index in [-0.39, 0.29) is 0 Å². The van der Waals surface area contributed by atoms with Crippen LogP contribution in [0.25, 0.3) is 10.9 Å². The van der Waals surface area contributed by atoms with E-state index in [4.69, 9.17) is 4.74 Å². The first kappa shape index (κ1) is 9.60. The minimum atomic E-state index is 0.374. The van der Waals surface area contributed by atoms with Gasteiger partial charge in [-0.05, 0) is 12.5 Å². The summed E-state index contributed by atoms with van der Waals surface area (Å²) in [5.74, 6) is 0. The van der Waals surface area contributed by atoms with Crippen molar-refractivity contribution < 1.29 is 9.53 Å². The van der Waals surface area contributed by atoms with Crippen molar-refractivity contribution in [3.05, 3.63) is 36.0 Å². The Balaban J connectivity index is 2.20. The van der Waals surface area contributed by atoms with Gasteiger partial charge in [0.2, 0.25) is 0 Å². The van der Waals surface area contributed by atoms with Crippen molar-refractivity contribution in [2.45, 2.75) is 12.5 Å². The highest BCUT2D eigenvalue weighted by molar-refractivity contribution is 5.97. The molecule has 0 bridgehead atoms. The summed E-state index contributed by atoms with van der Waals surface area (Å²) in [6.07, 6.45) is 3.89. The van der Waals surface area contributed by atoms with Crippen molar-refractivity contribution in [3.8, 4) is 0 Å². The maximum atomic E-state index is 11.0. The van der Waals surface area contributed by atoms with Gasteiger partial charge in [-0.1, -0.05) is 18.2 Å². The maximum Gasteiger partial charge on any atom is 0.152 e. The summed E-state index contributed by atoms with van der Waals surface area (Å²) in [7, 11) is 0. The molecule has 3 heteroatoms. The van der Waals surface area contributed by atoms with E-state index < -0.39 is 0 Å². The Morgan fingerprint density at radius 2 is 2.25 bits per heavy atom. The topological polar surface area (TPSA) is 31.2 Å². The monoisotopic (exact) mass is 215 g/mol. The Bertz CT molecular complexity index is 524. The molecule has 0 amide bonds. The molecule has 1 aromatic heterocycles. The maximum absolute atomic E-state index is 11.0. The highest BCUT2D eigenvalue weighted by Crippen LogP contribution is 2.27. The van der Waals surface area contributed by atoms with Crippen LogP contribution in [0.5, 0.6) is 0 Å². The molecule has 1 aromatic carbocycles. The third kappa shape index (κ3) is 1.36. The molecule has 2 aromatic rings. The predicted octanol–water partition coefficient (Wildman–Crippen LogP) is 2.42. The third-order valence-corrected chi connectivity index (χ3v) is 3.20. The standard InChI is InChI=1S/C13H13NO2/c15-8-10-7-14(11-5-6-16-9-11)13-4-2-1-3-12(10)13/h1-4,7-8,11H,5-6,9H2. The van der Waals surface area contributed by atoms with Gasteiger partial charge in [-0.15, -0.1) is 0 Å². The lowest BCUT2D eigenvalue weighted by molar-refractivity contribution is 0.112. The van der Waals surface area contributed by atoms with E-state index in [1.54, 1.807) is 0 Å². The van der Waals surface area contributed by atoms with E-state index in [1.807, 2.05) is 24.4 Å². The van der Waals surface area contributed by atoms with E-state index in [9.17, 15) is 4.79 Å². The van der Waals surface area contributed by atoms with Crippen molar-refractivity contribution in [2.24, 2.45) is 0 Å². The van der Waals surface area contributed by atoms with Gasteiger partial charge in [0, 0.05) is 29.3 Å². The summed E-state index contributed by atoms with van der Waals surface area (Å²) in [5.41, 5.74) is 1.89. The first-order chi connectivity index (χ1) is 7.90. The summed E-state index contributed by atoms with van der Waals surface area (Å²) in [4.78, 5) is 11.0. The van der Waals surface area contributed by atoms with Crippen molar-refractivity contribution in [3.63, 3.8) is 0 Å². The molecule has 0 radical (unpaired) electrons. The van der Waals surface area contributed by atoms with Gasteiger partial charge in [0.15, 0.2) is 6.29 Å². The van der Waals surface area contributed by atoms with E-state index in [2.05, 4.69) is 10.6 Å². The zero-order valence-corrected chi connectivity index (χ0v) is 8.93. The smallest absolute Gasteiger partial charge is 0.152 e. The van der Waals surface area contributed by atoms with E-state index >= 15 is 0 Å². The Morgan fingerprint density at radius 3 is 3.00 bits per heavy atom. The summed E-state index contributed by atoms with van der Waals surface area (Å²) in [5, 5.41) is 1.03. The third-order valence-electron chi connectivity index (χ3n) is 3.20. The predicted molar refractivity (Wildman–Crippen MR) is 61.8 cm³/mol. The number of aromatic nitrogens is 1. The normalized spacial score (nSPS) is 20.4. The fraction of sp³-hybridized carbons (Fsp3) is 0.308. The molecule has 0 saturated carbocycles. The lowest BCUT2D eigenvalue weighted by Crippen LogP contribution is -2.06. The Morgan fingerprint density at radius 1 is 1.38 bits per heavy atom.